The van der Waals surface area contributed by atoms with E-state index in [4.69, 9.17) is 4.98 Å². The van der Waals surface area contributed by atoms with Crippen molar-refractivity contribution in [3.05, 3.63) is 53.0 Å². The molecule has 6 heteroatoms. The summed E-state index contributed by atoms with van der Waals surface area (Å²) in [5.41, 5.74) is 3.94. The van der Waals surface area contributed by atoms with Crippen LogP contribution < -0.4 is 0 Å². The van der Waals surface area contributed by atoms with Crippen molar-refractivity contribution in [2.24, 2.45) is 0 Å². The lowest BCUT2D eigenvalue weighted by molar-refractivity contribution is 0.0786. The van der Waals surface area contributed by atoms with E-state index < -0.39 is 0 Å². The van der Waals surface area contributed by atoms with Crippen LogP contribution in [-0.2, 0) is 19.5 Å². The minimum absolute atomic E-state index is 0.0631. The fraction of sp³-hybridized carbons (Fsp3) is 0.381. The highest BCUT2D eigenvalue weighted by molar-refractivity contribution is 6.04. The Balaban J connectivity index is 1.69. The minimum Gasteiger partial charge on any atom is -0.508 e. The SMILES string of the molecule is Cc1cc(C(=O)N(C)Cc2ccc(O)cc2)c2nc3n(c2n1)CCCCC3. The smallest absolute Gasteiger partial charge is 0.256 e. The highest BCUT2D eigenvalue weighted by atomic mass is 16.3. The van der Waals surface area contributed by atoms with Gasteiger partial charge in [0.2, 0.25) is 0 Å². The molecule has 0 radical (unpaired) electrons. The highest BCUT2D eigenvalue weighted by Gasteiger charge is 2.22. The van der Waals surface area contributed by atoms with Crippen LogP contribution in [0.25, 0.3) is 11.2 Å². The molecule has 3 aromatic rings. The molecule has 1 amide bonds. The maximum Gasteiger partial charge on any atom is 0.256 e. The van der Waals surface area contributed by atoms with Crippen LogP contribution in [0.4, 0.5) is 0 Å². The lowest BCUT2D eigenvalue weighted by Crippen LogP contribution is -2.26. The predicted octanol–water partition coefficient (Wildman–Crippen LogP) is 3.44. The van der Waals surface area contributed by atoms with Crippen LogP contribution in [0.3, 0.4) is 0 Å². The number of amides is 1. The van der Waals surface area contributed by atoms with E-state index in [2.05, 4.69) is 9.55 Å². The third-order valence-corrected chi connectivity index (χ3v) is 5.13. The Morgan fingerprint density at radius 3 is 2.74 bits per heavy atom. The average molecular weight is 364 g/mol. The number of phenolic OH excluding ortho intramolecular Hbond substituents is 1. The molecule has 0 saturated heterocycles. The number of hydrogen-bond acceptors (Lipinski definition) is 4. The van der Waals surface area contributed by atoms with Crippen molar-refractivity contribution in [3.8, 4) is 5.75 Å². The standard InChI is InChI=1S/C21H24N4O2/c1-14-12-17(21(27)24(2)13-15-7-9-16(26)10-8-15)19-20(22-14)25-11-5-3-4-6-18(25)23-19/h7-10,12,26H,3-6,11,13H2,1-2H3. The van der Waals surface area contributed by atoms with E-state index in [1.807, 2.05) is 25.1 Å². The number of carbonyl (C=O) groups excluding carboxylic acids is 1. The second-order valence-electron chi connectivity index (χ2n) is 7.30. The van der Waals surface area contributed by atoms with Gasteiger partial charge >= 0.3 is 0 Å². The summed E-state index contributed by atoms with van der Waals surface area (Å²) in [5, 5.41) is 9.43. The fourth-order valence-corrected chi connectivity index (χ4v) is 3.73. The molecule has 1 aromatic carbocycles. The van der Waals surface area contributed by atoms with E-state index in [0.717, 1.165) is 48.5 Å². The molecule has 0 bridgehead atoms. The quantitative estimate of drug-likeness (QED) is 0.773. The van der Waals surface area contributed by atoms with Crippen molar-refractivity contribution in [3.63, 3.8) is 0 Å². The van der Waals surface area contributed by atoms with Gasteiger partial charge in [0, 0.05) is 32.3 Å². The molecule has 0 atom stereocenters. The van der Waals surface area contributed by atoms with Gasteiger partial charge < -0.3 is 14.6 Å². The molecule has 3 heterocycles. The Morgan fingerprint density at radius 1 is 1.19 bits per heavy atom. The highest BCUT2D eigenvalue weighted by Crippen LogP contribution is 2.25. The summed E-state index contributed by atoms with van der Waals surface area (Å²) >= 11 is 0. The first-order chi connectivity index (χ1) is 13.0. The van der Waals surface area contributed by atoms with Gasteiger partial charge in [-0.2, -0.15) is 0 Å². The fourth-order valence-electron chi connectivity index (χ4n) is 3.73. The number of pyridine rings is 1. The van der Waals surface area contributed by atoms with Crippen LogP contribution in [0.15, 0.2) is 30.3 Å². The van der Waals surface area contributed by atoms with Gasteiger partial charge in [0.1, 0.15) is 17.1 Å². The Morgan fingerprint density at radius 2 is 1.96 bits per heavy atom. The molecule has 2 aromatic heterocycles. The van der Waals surface area contributed by atoms with Gasteiger partial charge in [-0.3, -0.25) is 4.79 Å². The summed E-state index contributed by atoms with van der Waals surface area (Å²) in [7, 11) is 1.79. The normalized spacial score (nSPS) is 14.0. The van der Waals surface area contributed by atoms with Crippen LogP contribution in [0, 0.1) is 6.92 Å². The molecule has 0 unspecified atom stereocenters. The molecule has 0 saturated carbocycles. The molecule has 0 aliphatic carbocycles. The van der Waals surface area contributed by atoms with E-state index in [1.54, 1.807) is 24.1 Å². The van der Waals surface area contributed by atoms with Crippen molar-refractivity contribution in [2.75, 3.05) is 7.05 Å². The van der Waals surface area contributed by atoms with Gasteiger partial charge in [-0.25, -0.2) is 9.97 Å². The van der Waals surface area contributed by atoms with Crippen molar-refractivity contribution in [1.29, 1.82) is 0 Å². The number of aromatic hydroxyl groups is 1. The predicted molar refractivity (Wildman–Crippen MR) is 104 cm³/mol. The van der Waals surface area contributed by atoms with E-state index in [0.29, 0.717) is 17.6 Å². The van der Waals surface area contributed by atoms with E-state index in [1.165, 1.54) is 6.42 Å². The Kier molecular flexibility index (Phi) is 4.56. The lowest BCUT2D eigenvalue weighted by atomic mass is 10.1. The molecular weight excluding hydrogens is 340 g/mol. The van der Waals surface area contributed by atoms with Crippen molar-refractivity contribution >= 4 is 17.1 Å². The topological polar surface area (TPSA) is 71.2 Å². The molecule has 6 nitrogen and oxygen atoms in total. The molecule has 0 fully saturated rings. The zero-order chi connectivity index (χ0) is 19.0. The van der Waals surface area contributed by atoms with Gasteiger partial charge in [-0.05, 0) is 43.5 Å². The number of aryl methyl sites for hydroxylation is 3. The summed E-state index contributed by atoms with van der Waals surface area (Å²) in [6.07, 6.45) is 4.40. The van der Waals surface area contributed by atoms with Gasteiger partial charge in [0.15, 0.2) is 5.65 Å². The average Bonchev–Trinajstić information content (AvgIpc) is 2.84. The summed E-state index contributed by atoms with van der Waals surface area (Å²) in [4.78, 5) is 24.3. The van der Waals surface area contributed by atoms with Gasteiger partial charge in [-0.1, -0.05) is 18.6 Å². The summed E-state index contributed by atoms with van der Waals surface area (Å²) in [6, 6.07) is 8.76. The number of imidazole rings is 1. The van der Waals surface area contributed by atoms with Gasteiger partial charge in [-0.15, -0.1) is 0 Å². The van der Waals surface area contributed by atoms with Gasteiger partial charge in [0.05, 0.1) is 5.56 Å². The Hall–Kier alpha value is -2.89. The molecule has 140 valence electrons. The number of nitrogens with zero attached hydrogens (tertiary/aromatic N) is 4. The number of rotatable bonds is 3. The van der Waals surface area contributed by atoms with Gasteiger partial charge in [0.25, 0.3) is 5.91 Å². The number of hydrogen-bond donors (Lipinski definition) is 1. The zero-order valence-electron chi connectivity index (χ0n) is 15.8. The van der Waals surface area contributed by atoms with Crippen molar-refractivity contribution in [2.45, 2.75) is 45.7 Å². The molecule has 1 aliphatic heterocycles. The first kappa shape index (κ1) is 17.5. The van der Waals surface area contributed by atoms with Crippen molar-refractivity contribution in [1.82, 2.24) is 19.4 Å². The third kappa shape index (κ3) is 3.39. The number of carbonyl (C=O) groups is 1. The maximum absolute atomic E-state index is 13.2. The molecular formula is C21H24N4O2. The first-order valence-electron chi connectivity index (χ1n) is 9.43. The number of aromatic nitrogens is 3. The molecule has 0 spiro atoms. The second-order valence-corrected chi connectivity index (χ2v) is 7.30. The summed E-state index contributed by atoms with van der Waals surface area (Å²) in [6.45, 7) is 3.31. The molecule has 27 heavy (non-hydrogen) atoms. The minimum atomic E-state index is -0.0631. The van der Waals surface area contributed by atoms with Crippen LogP contribution in [0.1, 0.15) is 46.7 Å². The lowest BCUT2D eigenvalue weighted by Gasteiger charge is -2.18. The zero-order valence-corrected chi connectivity index (χ0v) is 15.8. The van der Waals surface area contributed by atoms with E-state index in [-0.39, 0.29) is 11.7 Å². The Bertz CT molecular complexity index is 992. The molecule has 1 N–H and O–H groups in total. The van der Waals surface area contributed by atoms with Crippen LogP contribution in [0.2, 0.25) is 0 Å². The van der Waals surface area contributed by atoms with Crippen LogP contribution >= 0.6 is 0 Å². The van der Waals surface area contributed by atoms with Crippen LogP contribution in [-0.4, -0.2) is 37.5 Å². The molecule has 4 rings (SSSR count). The van der Waals surface area contributed by atoms with E-state index >= 15 is 0 Å². The monoisotopic (exact) mass is 364 g/mol. The first-order valence-corrected chi connectivity index (χ1v) is 9.43. The van der Waals surface area contributed by atoms with Crippen molar-refractivity contribution < 1.29 is 9.90 Å². The van der Waals surface area contributed by atoms with Crippen LogP contribution in [0.5, 0.6) is 5.75 Å². The summed E-state index contributed by atoms with van der Waals surface area (Å²) in [5.74, 6) is 1.20. The number of phenols is 1. The second kappa shape index (κ2) is 7.02. The number of benzene rings is 1. The third-order valence-electron chi connectivity index (χ3n) is 5.13. The maximum atomic E-state index is 13.2. The summed E-state index contributed by atoms with van der Waals surface area (Å²) < 4.78 is 2.19. The Labute approximate surface area is 158 Å². The molecule has 1 aliphatic rings. The number of fused-ring (bicyclic) bond motifs is 3. The van der Waals surface area contributed by atoms with E-state index in [9.17, 15) is 9.90 Å². The largest absolute Gasteiger partial charge is 0.508 e.